The zero-order valence-corrected chi connectivity index (χ0v) is 9.17. The van der Waals surface area contributed by atoms with E-state index < -0.39 is 5.97 Å². The van der Waals surface area contributed by atoms with Crippen molar-refractivity contribution in [3.63, 3.8) is 0 Å². The van der Waals surface area contributed by atoms with Gasteiger partial charge in [-0.3, -0.25) is 14.7 Å². The van der Waals surface area contributed by atoms with E-state index in [1.807, 2.05) is 18.2 Å². The maximum atomic E-state index is 10.7. The molecule has 4 nitrogen and oxygen atoms in total. The third-order valence-corrected chi connectivity index (χ3v) is 3.00. The van der Waals surface area contributed by atoms with Gasteiger partial charge in [-0.15, -0.1) is 0 Å². The van der Waals surface area contributed by atoms with Gasteiger partial charge >= 0.3 is 5.97 Å². The van der Waals surface area contributed by atoms with Gasteiger partial charge in [-0.2, -0.15) is 0 Å². The molecule has 1 fully saturated rings. The highest BCUT2D eigenvalue weighted by Gasteiger charge is 2.26. The molecule has 0 spiro atoms. The zero-order chi connectivity index (χ0) is 11.4. The van der Waals surface area contributed by atoms with Crippen LogP contribution < -0.4 is 0 Å². The summed E-state index contributed by atoms with van der Waals surface area (Å²) in [5.74, 6) is -0.710. The largest absolute Gasteiger partial charge is 0.481 e. The molecule has 4 heteroatoms. The minimum absolute atomic E-state index is 0.180. The van der Waals surface area contributed by atoms with Crippen LogP contribution in [-0.4, -0.2) is 33.5 Å². The lowest BCUT2D eigenvalue weighted by Gasteiger charge is -2.22. The van der Waals surface area contributed by atoms with Crippen LogP contribution >= 0.6 is 0 Å². The Kier molecular flexibility index (Phi) is 3.51. The summed E-state index contributed by atoms with van der Waals surface area (Å²) in [6, 6.07) is 6.02. The highest BCUT2D eigenvalue weighted by atomic mass is 16.4. The number of hydrogen-bond donors (Lipinski definition) is 1. The zero-order valence-electron chi connectivity index (χ0n) is 9.17. The minimum atomic E-state index is -0.710. The average Bonchev–Trinajstić information content (AvgIpc) is 2.66. The number of carboxylic acid groups (broad SMARTS) is 1. The van der Waals surface area contributed by atoms with Crippen LogP contribution in [0.4, 0.5) is 0 Å². The standard InChI is InChI=1S/C12H16N2O2/c15-12(16)8-11-5-3-7-14(11)9-10-4-1-2-6-13-10/h1-2,4,6,11H,3,5,7-9H2,(H,15,16). The second kappa shape index (κ2) is 5.07. The number of carboxylic acids is 1. The van der Waals surface area contributed by atoms with E-state index in [2.05, 4.69) is 9.88 Å². The Bertz CT molecular complexity index is 353. The first-order valence-electron chi connectivity index (χ1n) is 5.61. The monoisotopic (exact) mass is 220 g/mol. The van der Waals surface area contributed by atoms with Crippen LogP contribution in [0.5, 0.6) is 0 Å². The molecule has 1 aliphatic heterocycles. The molecule has 86 valence electrons. The Balaban J connectivity index is 1.96. The topological polar surface area (TPSA) is 53.4 Å². The molecule has 2 heterocycles. The summed E-state index contributed by atoms with van der Waals surface area (Å²) in [5, 5.41) is 8.82. The second-order valence-corrected chi connectivity index (χ2v) is 4.19. The molecule has 0 radical (unpaired) electrons. The van der Waals surface area contributed by atoms with E-state index in [4.69, 9.17) is 5.11 Å². The average molecular weight is 220 g/mol. The molecule has 16 heavy (non-hydrogen) atoms. The number of pyridine rings is 1. The van der Waals surface area contributed by atoms with Gasteiger partial charge in [0.15, 0.2) is 0 Å². The number of aliphatic carboxylic acids is 1. The fraction of sp³-hybridized carbons (Fsp3) is 0.500. The Labute approximate surface area is 94.9 Å². The predicted octanol–water partition coefficient (Wildman–Crippen LogP) is 1.52. The van der Waals surface area contributed by atoms with Crippen molar-refractivity contribution < 1.29 is 9.90 Å². The van der Waals surface area contributed by atoms with E-state index >= 15 is 0 Å². The molecule has 0 aliphatic carbocycles. The molecule has 1 N–H and O–H groups in total. The molecule has 1 saturated heterocycles. The molecular weight excluding hydrogens is 204 g/mol. The first-order valence-corrected chi connectivity index (χ1v) is 5.61. The Morgan fingerprint density at radius 3 is 3.12 bits per heavy atom. The number of carbonyl (C=O) groups is 1. The highest BCUT2D eigenvalue weighted by molar-refractivity contribution is 5.67. The van der Waals surface area contributed by atoms with Crippen molar-refractivity contribution in [2.75, 3.05) is 6.54 Å². The predicted molar refractivity (Wildman–Crippen MR) is 59.9 cm³/mol. The van der Waals surface area contributed by atoms with Gasteiger partial charge in [0.1, 0.15) is 0 Å². The van der Waals surface area contributed by atoms with Gasteiger partial charge in [0, 0.05) is 18.8 Å². The number of hydrogen-bond acceptors (Lipinski definition) is 3. The molecule has 1 aromatic heterocycles. The van der Waals surface area contributed by atoms with Crippen LogP contribution in [0.2, 0.25) is 0 Å². The third kappa shape index (κ3) is 2.79. The molecule has 0 saturated carbocycles. The lowest BCUT2D eigenvalue weighted by molar-refractivity contribution is -0.138. The van der Waals surface area contributed by atoms with Gasteiger partial charge in [0.2, 0.25) is 0 Å². The van der Waals surface area contributed by atoms with Crippen molar-refractivity contribution in [2.45, 2.75) is 31.8 Å². The van der Waals surface area contributed by atoms with Crippen molar-refractivity contribution in [2.24, 2.45) is 0 Å². The summed E-state index contributed by atoms with van der Waals surface area (Å²) in [7, 11) is 0. The summed E-state index contributed by atoms with van der Waals surface area (Å²) in [5.41, 5.74) is 1.01. The van der Waals surface area contributed by atoms with Crippen LogP contribution in [0, 0.1) is 0 Å². The van der Waals surface area contributed by atoms with Crippen molar-refractivity contribution >= 4 is 5.97 Å². The molecule has 1 unspecified atom stereocenters. The van der Waals surface area contributed by atoms with E-state index in [0.29, 0.717) is 0 Å². The summed E-state index contributed by atoms with van der Waals surface area (Å²) >= 11 is 0. The number of likely N-dealkylation sites (tertiary alicyclic amines) is 1. The Morgan fingerprint density at radius 2 is 2.44 bits per heavy atom. The minimum Gasteiger partial charge on any atom is -0.481 e. The van der Waals surface area contributed by atoms with Crippen molar-refractivity contribution in [3.8, 4) is 0 Å². The van der Waals surface area contributed by atoms with Crippen LogP contribution in [0.3, 0.4) is 0 Å². The number of aromatic nitrogens is 1. The van der Waals surface area contributed by atoms with Gasteiger partial charge in [0.05, 0.1) is 12.1 Å². The van der Waals surface area contributed by atoms with Gasteiger partial charge in [0.25, 0.3) is 0 Å². The van der Waals surface area contributed by atoms with E-state index in [1.54, 1.807) is 6.20 Å². The van der Waals surface area contributed by atoms with Gasteiger partial charge in [-0.1, -0.05) is 6.07 Å². The first-order chi connectivity index (χ1) is 7.75. The van der Waals surface area contributed by atoms with Crippen molar-refractivity contribution in [3.05, 3.63) is 30.1 Å². The molecule has 0 amide bonds. The van der Waals surface area contributed by atoms with Crippen LogP contribution in [0.1, 0.15) is 25.0 Å². The summed E-state index contributed by atoms with van der Waals surface area (Å²) < 4.78 is 0. The fourth-order valence-corrected chi connectivity index (χ4v) is 2.24. The van der Waals surface area contributed by atoms with E-state index in [1.165, 1.54) is 0 Å². The van der Waals surface area contributed by atoms with Crippen LogP contribution in [0.15, 0.2) is 24.4 Å². The quantitative estimate of drug-likeness (QED) is 0.835. The molecule has 1 aliphatic rings. The van der Waals surface area contributed by atoms with Crippen LogP contribution in [0.25, 0.3) is 0 Å². The lowest BCUT2D eigenvalue weighted by atomic mass is 10.1. The molecular formula is C12H16N2O2. The molecule has 0 aromatic carbocycles. The smallest absolute Gasteiger partial charge is 0.304 e. The van der Waals surface area contributed by atoms with Gasteiger partial charge in [-0.25, -0.2) is 0 Å². The molecule has 1 atom stereocenters. The summed E-state index contributed by atoms with van der Waals surface area (Å²) in [6.45, 7) is 1.74. The van der Waals surface area contributed by atoms with Crippen molar-refractivity contribution in [1.29, 1.82) is 0 Å². The molecule has 0 bridgehead atoms. The maximum absolute atomic E-state index is 10.7. The SMILES string of the molecule is O=C(O)CC1CCCN1Cc1ccccn1. The van der Waals surface area contributed by atoms with Gasteiger partial charge in [-0.05, 0) is 31.5 Å². The van der Waals surface area contributed by atoms with Crippen molar-refractivity contribution in [1.82, 2.24) is 9.88 Å². The summed E-state index contributed by atoms with van der Waals surface area (Å²) in [6.07, 6.45) is 4.09. The second-order valence-electron chi connectivity index (χ2n) is 4.19. The maximum Gasteiger partial charge on any atom is 0.304 e. The molecule has 1 aromatic rings. The summed E-state index contributed by atoms with van der Waals surface area (Å²) in [4.78, 5) is 17.2. The van der Waals surface area contributed by atoms with Crippen LogP contribution in [-0.2, 0) is 11.3 Å². The first kappa shape index (κ1) is 11.1. The van der Waals surface area contributed by atoms with Gasteiger partial charge < -0.3 is 5.11 Å². The van der Waals surface area contributed by atoms with E-state index in [0.717, 1.165) is 31.6 Å². The highest BCUT2D eigenvalue weighted by Crippen LogP contribution is 2.21. The normalized spacial score (nSPS) is 21.1. The number of nitrogens with zero attached hydrogens (tertiary/aromatic N) is 2. The van der Waals surface area contributed by atoms with E-state index in [9.17, 15) is 4.79 Å². The van der Waals surface area contributed by atoms with E-state index in [-0.39, 0.29) is 12.5 Å². The lowest BCUT2D eigenvalue weighted by Crippen LogP contribution is -2.31. The molecule has 2 rings (SSSR count). The Morgan fingerprint density at radius 1 is 1.56 bits per heavy atom. The fourth-order valence-electron chi connectivity index (χ4n) is 2.24. The third-order valence-electron chi connectivity index (χ3n) is 3.00. The Hall–Kier alpha value is -1.42. The number of rotatable bonds is 4.